The molecule has 3 nitrogen and oxygen atoms in total. The van der Waals surface area contributed by atoms with E-state index in [0.29, 0.717) is 6.04 Å². The normalized spacial score (nSPS) is 15.7. The average molecular weight is 264 g/mol. The molecular weight excluding hydrogens is 240 g/mol. The molecule has 0 spiro atoms. The number of nitrogens with zero attached hydrogens (tertiary/aromatic N) is 1. The van der Waals surface area contributed by atoms with Gasteiger partial charge in [0.15, 0.2) is 0 Å². The first-order chi connectivity index (χ1) is 8.47. The summed E-state index contributed by atoms with van der Waals surface area (Å²) in [6.07, 6.45) is 5.55. The van der Waals surface area contributed by atoms with Gasteiger partial charge >= 0.3 is 0 Å². The van der Waals surface area contributed by atoms with Gasteiger partial charge in [-0.15, -0.1) is 0 Å². The molecule has 0 bridgehead atoms. The van der Waals surface area contributed by atoms with Crippen molar-refractivity contribution in [3.05, 3.63) is 24.0 Å². The molecule has 0 atom stereocenters. The number of carbonyl (C=O) groups excluding carboxylic acids is 1. The van der Waals surface area contributed by atoms with Gasteiger partial charge in [-0.1, -0.05) is 25.7 Å². The Morgan fingerprint density at radius 3 is 2.78 bits per heavy atom. The smallest absolute Gasteiger partial charge is 0.267 e. The van der Waals surface area contributed by atoms with E-state index in [9.17, 15) is 4.79 Å². The monoisotopic (exact) mass is 264 g/mol. The first-order valence-electron chi connectivity index (χ1n) is 6.92. The molecule has 0 radical (unpaired) electrons. The third-order valence-corrected chi connectivity index (χ3v) is 5.19. The molecule has 1 saturated carbocycles. The minimum Gasteiger partial charge on any atom is -0.351 e. The zero-order valence-corrected chi connectivity index (χ0v) is 12.7. The van der Waals surface area contributed by atoms with Crippen molar-refractivity contribution in [2.24, 2.45) is 0 Å². The lowest BCUT2D eigenvalue weighted by molar-refractivity contribution is 0.0944. The van der Waals surface area contributed by atoms with Crippen LogP contribution in [0.1, 0.15) is 35.8 Å². The van der Waals surface area contributed by atoms with E-state index in [1.807, 2.05) is 18.3 Å². The summed E-state index contributed by atoms with van der Waals surface area (Å²) in [6, 6.07) is 5.74. The second-order valence-electron chi connectivity index (χ2n) is 6.45. The molecule has 1 aromatic rings. The number of amides is 1. The van der Waals surface area contributed by atoms with Crippen LogP contribution in [0.4, 0.5) is 0 Å². The molecule has 0 aliphatic heterocycles. The topological polar surface area (TPSA) is 34.0 Å². The summed E-state index contributed by atoms with van der Waals surface area (Å²) in [5, 5.41) is 3.04. The van der Waals surface area contributed by atoms with Crippen molar-refractivity contribution in [3.63, 3.8) is 0 Å². The highest BCUT2D eigenvalue weighted by Crippen LogP contribution is 2.35. The van der Waals surface area contributed by atoms with Crippen molar-refractivity contribution in [1.82, 2.24) is 9.88 Å². The predicted octanol–water partition coefficient (Wildman–Crippen LogP) is 3.28. The first kappa shape index (κ1) is 13.4. The minimum absolute atomic E-state index is 0.0856. The molecule has 18 heavy (non-hydrogen) atoms. The van der Waals surface area contributed by atoms with Crippen LogP contribution in [0, 0.1) is 0 Å². The first-order valence-corrected chi connectivity index (χ1v) is 10.6. The highest BCUT2D eigenvalue weighted by atomic mass is 28.3. The third-order valence-electron chi connectivity index (χ3n) is 3.34. The fourth-order valence-corrected chi connectivity index (χ4v) is 3.41. The SMILES string of the molecule is C[Si](C)(C)CCCNC(=O)c1cccn1C1CC1. The van der Waals surface area contributed by atoms with Crippen molar-refractivity contribution in [3.8, 4) is 0 Å². The van der Waals surface area contributed by atoms with Crippen molar-refractivity contribution in [1.29, 1.82) is 0 Å². The van der Waals surface area contributed by atoms with Crippen LogP contribution in [-0.2, 0) is 0 Å². The summed E-state index contributed by atoms with van der Waals surface area (Å²) < 4.78 is 2.12. The molecule has 1 fully saturated rings. The van der Waals surface area contributed by atoms with Crippen LogP contribution in [0.5, 0.6) is 0 Å². The number of nitrogens with one attached hydrogen (secondary N) is 1. The van der Waals surface area contributed by atoms with Crippen molar-refractivity contribution >= 4 is 14.0 Å². The molecule has 1 aliphatic rings. The Kier molecular flexibility index (Phi) is 3.95. The van der Waals surface area contributed by atoms with Gasteiger partial charge in [0.2, 0.25) is 0 Å². The molecular formula is C14H24N2OSi. The average Bonchev–Trinajstić information content (AvgIpc) is 3.01. The second-order valence-corrected chi connectivity index (χ2v) is 12.1. The van der Waals surface area contributed by atoms with Gasteiger partial charge in [-0.3, -0.25) is 4.79 Å². The van der Waals surface area contributed by atoms with Crippen LogP contribution in [0.2, 0.25) is 25.7 Å². The van der Waals surface area contributed by atoms with Crippen molar-refractivity contribution in [2.75, 3.05) is 6.54 Å². The fourth-order valence-electron chi connectivity index (χ4n) is 2.17. The van der Waals surface area contributed by atoms with Gasteiger partial charge in [0.05, 0.1) is 0 Å². The number of rotatable bonds is 6. The minimum atomic E-state index is -0.971. The lowest BCUT2D eigenvalue weighted by atomic mass is 10.3. The van der Waals surface area contributed by atoms with E-state index in [-0.39, 0.29) is 5.91 Å². The molecule has 0 aromatic carbocycles. The standard InChI is InChI=1S/C14H24N2OSi/c1-18(2,3)11-5-9-15-14(17)13-6-4-10-16(13)12-7-8-12/h4,6,10,12H,5,7-9,11H2,1-3H3,(H,15,17). The van der Waals surface area contributed by atoms with E-state index in [1.54, 1.807) is 0 Å². The Balaban J connectivity index is 1.79. The van der Waals surface area contributed by atoms with E-state index in [4.69, 9.17) is 0 Å². The summed E-state index contributed by atoms with van der Waals surface area (Å²) in [4.78, 5) is 12.1. The molecule has 1 amide bonds. The zero-order chi connectivity index (χ0) is 13.2. The Labute approximate surface area is 111 Å². The Bertz CT molecular complexity index is 416. The third kappa shape index (κ3) is 3.73. The van der Waals surface area contributed by atoms with Crippen molar-refractivity contribution < 1.29 is 4.79 Å². The number of hydrogen-bond acceptors (Lipinski definition) is 1. The molecule has 1 N–H and O–H groups in total. The number of aromatic nitrogens is 1. The maximum atomic E-state index is 12.1. The Morgan fingerprint density at radius 2 is 2.17 bits per heavy atom. The highest BCUT2D eigenvalue weighted by Gasteiger charge is 2.26. The quantitative estimate of drug-likeness (QED) is 0.621. The molecule has 1 aromatic heterocycles. The lowest BCUT2D eigenvalue weighted by Gasteiger charge is -2.15. The van der Waals surface area contributed by atoms with E-state index in [2.05, 4.69) is 29.5 Å². The van der Waals surface area contributed by atoms with Crippen LogP contribution in [0.25, 0.3) is 0 Å². The van der Waals surface area contributed by atoms with Gasteiger partial charge in [-0.05, 0) is 31.4 Å². The van der Waals surface area contributed by atoms with E-state index >= 15 is 0 Å². The van der Waals surface area contributed by atoms with Gasteiger partial charge in [0.25, 0.3) is 5.91 Å². The van der Waals surface area contributed by atoms with E-state index in [1.165, 1.54) is 18.9 Å². The summed E-state index contributed by atoms with van der Waals surface area (Å²) >= 11 is 0. The van der Waals surface area contributed by atoms with Gasteiger partial charge < -0.3 is 9.88 Å². The van der Waals surface area contributed by atoms with Gasteiger partial charge in [0.1, 0.15) is 5.69 Å². The molecule has 0 saturated heterocycles. The fraction of sp³-hybridized carbons (Fsp3) is 0.643. The Hall–Kier alpha value is -1.03. The number of hydrogen-bond donors (Lipinski definition) is 1. The van der Waals surface area contributed by atoms with Gasteiger partial charge in [-0.2, -0.15) is 0 Å². The molecule has 1 heterocycles. The maximum Gasteiger partial charge on any atom is 0.267 e. The predicted molar refractivity (Wildman–Crippen MR) is 77.8 cm³/mol. The summed E-state index contributed by atoms with van der Waals surface area (Å²) in [6.45, 7) is 7.91. The van der Waals surface area contributed by atoms with Gasteiger partial charge in [-0.25, -0.2) is 0 Å². The van der Waals surface area contributed by atoms with E-state index < -0.39 is 8.07 Å². The zero-order valence-electron chi connectivity index (χ0n) is 11.7. The summed E-state index contributed by atoms with van der Waals surface area (Å²) in [5.41, 5.74) is 0.825. The van der Waals surface area contributed by atoms with Crippen LogP contribution >= 0.6 is 0 Å². The largest absolute Gasteiger partial charge is 0.351 e. The molecule has 4 heteroatoms. The van der Waals surface area contributed by atoms with Crippen LogP contribution in [0.3, 0.4) is 0 Å². The van der Waals surface area contributed by atoms with Crippen molar-refractivity contribution in [2.45, 2.75) is 51.0 Å². The molecule has 1 aliphatic carbocycles. The second kappa shape index (κ2) is 5.30. The summed E-state index contributed by atoms with van der Waals surface area (Å²) in [5.74, 6) is 0.0856. The lowest BCUT2D eigenvalue weighted by Crippen LogP contribution is -2.28. The van der Waals surface area contributed by atoms with Crippen LogP contribution < -0.4 is 5.32 Å². The molecule has 100 valence electrons. The van der Waals surface area contributed by atoms with E-state index in [0.717, 1.165) is 18.7 Å². The highest BCUT2D eigenvalue weighted by molar-refractivity contribution is 6.76. The van der Waals surface area contributed by atoms with Crippen LogP contribution in [-0.4, -0.2) is 25.1 Å². The van der Waals surface area contributed by atoms with Gasteiger partial charge in [0, 0.05) is 26.9 Å². The maximum absolute atomic E-state index is 12.1. The number of carbonyl (C=O) groups is 1. The summed E-state index contributed by atoms with van der Waals surface area (Å²) in [7, 11) is -0.971. The Morgan fingerprint density at radius 1 is 1.44 bits per heavy atom. The molecule has 2 rings (SSSR count). The molecule has 0 unspecified atom stereocenters. The van der Waals surface area contributed by atoms with Crippen LogP contribution in [0.15, 0.2) is 18.3 Å².